The Balaban J connectivity index is 1.88. The molecule has 2 heterocycles. The molecule has 0 fully saturated rings. The number of fused-ring (bicyclic) bond motifs is 3. The number of carbonyl (C=O) groups is 1. The number of aliphatic carboxylic acids is 1. The van der Waals surface area contributed by atoms with Gasteiger partial charge in [0.25, 0.3) is 5.56 Å². The number of imidazole rings is 1. The second kappa shape index (κ2) is 7.32. The number of carboxylic acids is 1. The molecule has 0 aliphatic rings. The number of rotatable bonds is 6. The van der Waals surface area contributed by atoms with Gasteiger partial charge in [-0.1, -0.05) is 35.6 Å². The maximum Gasteiger partial charge on any atom is 0.341 e. The van der Waals surface area contributed by atoms with Gasteiger partial charge in [0.1, 0.15) is 0 Å². The highest BCUT2D eigenvalue weighted by atomic mass is 32.1. The van der Waals surface area contributed by atoms with Crippen molar-refractivity contribution in [1.82, 2.24) is 9.38 Å². The summed E-state index contributed by atoms with van der Waals surface area (Å²) in [4.78, 5) is 29.0. The number of benzene rings is 2. The van der Waals surface area contributed by atoms with Crippen molar-refractivity contribution in [2.24, 2.45) is 0 Å². The third-order valence-electron chi connectivity index (χ3n) is 4.08. The molecule has 0 saturated carbocycles. The summed E-state index contributed by atoms with van der Waals surface area (Å²) in [6.07, 6.45) is 1.68. The number of carboxylic acid groups (broad SMARTS) is 1. The van der Waals surface area contributed by atoms with Crippen molar-refractivity contribution in [2.75, 3.05) is 13.2 Å². The summed E-state index contributed by atoms with van der Waals surface area (Å²) in [6.45, 7) is 1.72. The number of thiazole rings is 1. The average molecular weight is 396 g/mol. The number of hydrogen-bond acceptors (Lipinski definition) is 6. The monoisotopic (exact) mass is 396 g/mol. The minimum atomic E-state index is -1.09. The van der Waals surface area contributed by atoms with E-state index in [-0.39, 0.29) is 5.56 Å². The molecule has 142 valence electrons. The number of ether oxygens (including phenoxy) is 2. The third-order valence-corrected chi connectivity index (χ3v) is 5.05. The molecule has 0 amide bonds. The van der Waals surface area contributed by atoms with E-state index < -0.39 is 12.6 Å². The molecule has 0 atom stereocenters. The number of nitrogens with zero attached hydrogens (tertiary/aromatic N) is 2. The normalized spacial score (nSPS) is 12.0. The highest BCUT2D eigenvalue weighted by molar-refractivity contribution is 7.15. The Morgan fingerprint density at radius 2 is 2.04 bits per heavy atom. The first-order valence-corrected chi connectivity index (χ1v) is 9.42. The Morgan fingerprint density at radius 1 is 1.21 bits per heavy atom. The van der Waals surface area contributed by atoms with E-state index >= 15 is 0 Å². The van der Waals surface area contributed by atoms with Gasteiger partial charge in [0.15, 0.2) is 23.1 Å². The molecule has 28 heavy (non-hydrogen) atoms. The largest absolute Gasteiger partial charge is 0.490 e. The summed E-state index contributed by atoms with van der Waals surface area (Å²) < 4.78 is 13.0. The van der Waals surface area contributed by atoms with Gasteiger partial charge in [-0.05, 0) is 31.2 Å². The molecular weight excluding hydrogens is 380 g/mol. The molecule has 0 spiro atoms. The standard InChI is InChI=1S/C20H16N2O5S/c1-2-26-15-9-5-6-12(18(15)27-11-17(23)24)10-16-19(25)22-14-8-4-3-7-13(14)21-20(22)28-16/h3-10H,2,11H2,1H3,(H,23,24). The fourth-order valence-corrected chi connectivity index (χ4v) is 3.93. The molecule has 2 aromatic carbocycles. The van der Waals surface area contributed by atoms with E-state index in [1.165, 1.54) is 11.3 Å². The second-order valence-electron chi connectivity index (χ2n) is 5.92. The van der Waals surface area contributed by atoms with E-state index in [0.717, 1.165) is 11.0 Å². The van der Waals surface area contributed by atoms with Crippen LogP contribution in [0.15, 0.2) is 47.3 Å². The highest BCUT2D eigenvalue weighted by Crippen LogP contribution is 2.32. The van der Waals surface area contributed by atoms with Crippen LogP contribution in [0.2, 0.25) is 0 Å². The molecule has 0 bridgehead atoms. The van der Waals surface area contributed by atoms with Crippen LogP contribution in [0.3, 0.4) is 0 Å². The molecule has 8 heteroatoms. The Bertz CT molecular complexity index is 1290. The molecule has 0 radical (unpaired) electrons. The Kier molecular flexibility index (Phi) is 4.70. The van der Waals surface area contributed by atoms with Crippen molar-refractivity contribution in [3.05, 3.63) is 62.9 Å². The van der Waals surface area contributed by atoms with Crippen LogP contribution in [0.1, 0.15) is 12.5 Å². The SMILES string of the molecule is CCOc1cccc(C=c2sc3nc4ccccc4n3c2=O)c1OCC(=O)O. The van der Waals surface area contributed by atoms with Gasteiger partial charge in [-0.2, -0.15) is 0 Å². The maximum atomic E-state index is 12.9. The summed E-state index contributed by atoms with van der Waals surface area (Å²) in [7, 11) is 0. The summed E-state index contributed by atoms with van der Waals surface area (Å²) in [5, 5.41) is 8.95. The fraction of sp³-hybridized carbons (Fsp3) is 0.150. The van der Waals surface area contributed by atoms with E-state index in [4.69, 9.17) is 14.6 Å². The Labute approximate surface area is 163 Å². The van der Waals surface area contributed by atoms with Crippen LogP contribution in [0.5, 0.6) is 11.5 Å². The van der Waals surface area contributed by atoms with Crippen molar-refractivity contribution < 1.29 is 19.4 Å². The average Bonchev–Trinajstić information content (AvgIpc) is 3.18. The van der Waals surface area contributed by atoms with Crippen molar-refractivity contribution in [1.29, 1.82) is 0 Å². The zero-order chi connectivity index (χ0) is 19.7. The van der Waals surface area contributed by atoms with Crippen LogP contribution in [0.25, 0.3) is 22.1 Å². The molecule has 4 aromatic rings. The lowest BCUT2D eigenvalue weighted by atomic mass is 10.1. The van der Waals surface area contributed by atoms with E-state index in [0.29, 0.717) is 33.2 Å². The van der Waals surface area contributed by atoms with Crippen LogP contribution in [-0.2, 0) is 4.79 Å². The van der Waals surface area contributed by atoms with Gasteiger partial charge in [-0.15, -0.1) is 0 Å². The molecule has 1 N–H and O–H groups in total. The molecule has 0 aliphatic carbocycles. The second-order valence-corrected chi connectivity index (χ2v) is 6.93. The minimum absolute atomic E-state index is 0.181. The first-order valence-electron chi connectivity index (χ1n) is 8.60. The van der Waals surface area contributed by atoms with Crippen molar-refractivity contribution in [3.63, 3.8) is 0 Å². The first kappa shape index (κ1) is 18.0. The van der Waals surface area contributed by atoms with Crippen molar-refractivity contribution in [3.8, 4) is 11.5 Å². The lowest BCUT2D eigenvalue weighted by Crippen LogP contribution is -2.22. The topological polar surface area (TPSA) is 90.1 Å². The van der Waals surface area contributed by atoms with Gasteiger partial charge in [0, 0.05) is 5.56 Å². The van der Waals surface area contributed by atoms with Gasteiger partial charge >= 0.3 is 5.97 Å². The van der Waals surface area contributed by atoms with Gasteiger partial charge in [-0.3, -0.25) is 4.79 Å². The van der Waals surface area contributed by atoms with Gasteiger partial charge < -0.3 is 14.6 Å². The predicted octanol–water partition coefficient (Wildman–Crippen LogP) is 2.32. The Hall–Kier alpha value is -3.39. The molecule has 2 aromatic heterocycles. The quantitative estimate of drug-likeness (QED) is 0.538. The molecule has 0 aliphatic heterocycles. The van der Waals surface area contributed by atoms with Gasteiger partial charge in [-0.25, -0.2) is 14.2 Å². The first-order chi connectivity index (χ1) is 13.6. The number of aromatic nitrogens is 2. The van der Waals surface area contributed by atoms with Crippen molar-refractivity contribution in [2.45, 2.75) is 6.92 Å². The summed E-state index contributed by atoms with van der Waals surface area (Å²) in [5.74, 6) is -0.374. The van der Waals surface area contributed by atoms with Crippen LogP contribution in [0.4, 0.5) is 0 Å². The highest BCUT2D eigenvalue weighted by Gasteiger charge is 2.14. The molecule has 0 unspecified atom stereocenters. The van der Waals surface area contributed by atoms with Gasteiger partial charge in [0.05, 0.1) is 22.2 Å². The zero-order valence-corrected chi connectivity index (χ0v) is 15.7. The molecular formula is C20H16N2O5S. The smallest absolute Gasteiger partial charge is 0.341 e. The maximum absolute atomic E-state index is 12.9. The minimum Gasteiger partial charge on any atom is -0.490 e. The molecule has 0 saturated heterocycles. The summed E-state index contributed by atoms with van der Waals surface area (Å²) >= 11 is 1.27. The van der Waals surface area contributed by atoms with E-state index in [1.54, 1.807) is 28.7 Å². The summed E-state index contributed by atoms with van der Waals surface area (Å²) in [5.41, 5.74) is 1.91. The Morgan fingerprint density at radius 3 is 2.82 bits per heavy atom. The zero-order valence-electron chi connectivity index (χ0n) is 14.9. The summed E-state index contributed by atoms with van der Waals surface area (Å²) in [6, 6.07) is 12.7. The van der Waals surface area contributed by atoms with E-state index in [2.05, 4.69) is 4.98 Å². The van der Waals surface area contributed by atoms with Crippen LogP contribution >= 0.6 is 11.3 Å². The number of para-hydroxylation sites is 3. The van der Waals surface area contributed by atoms with E-state index in [1.807, 2.05) is 31.2 Å². The predicted molar refractivity (Wildman–Crippen MR) is 106 cm³/mol. The molecule has 4 rings (SSSR count). The fourth-order valence-electron chi connectivity index (χ4n) is 2.96. The third kappa shape index (κ3) is 3.18. The van der Waals surface area contributed by atoms with Crippen molar-refractivity contribution >= 4 is 39.4 Å². The molecule has 7 nitrogen and oxygen atoms in total. The van der Waals surface area contributed by atoms with Crippen LogP contribution in [0, 0.1) is 0 Å². The van der Waals surface area contributed by atoms with Gasteiger partial charge in [0.2, 0.25) is 0 Å². The lowest BCUT2D eigenvalue weighted by molar-refractivity contribution is -0.139. The van der Waals surface area contributed by atoms with Crippen LogP contribution < -0.4 is 19.6 Å². The number of hydrogen-bond donors (Lipinski definition) is 1. The van der Waals surface area contributed by atoms with E-state index in [9.17, 15) is 9.59 Å². The van der Waals surface area contributed by atoms with Crippen LogP contribution in [-0.4, -0.2) is 33.7 Å². The lowest BCUT2D eigenvalue weighted by Gasteiger charge is -2.12.